The van der Waals surface area contributed by atoms with Gasteiger partial charge in [-0.3, -0.25) is 14.3 Å². The van der Waals surface area contributed by atoms with E-state index in [2.05, 4.69) is 15.4 Å². The Kier molecular flexibility index (Phi) is 7.84. The Hall–Kier alpha value is -3.65. The first-order valence-electron chi connectivity index (χ1n) is 10.5. The van der Waals surface area contributed by atoms with E-state index in [1.165, 1.54) is 24.3 Å². The fourth-order valence-electron chi connectivity index (χ4n) is 3.08. The molecule has 0 saturated carbocycles. The molecule has 7 nitrogen and oxygen atoms in total. The van der Waals surface area contributed by atoms with Crippen molar-refractivity contribution >= 4 is 27.5 Å². The van der Waals surface area contributed by atoms with Gasteiger partial charge in [-0.25, -0.2) is 8.42 Å². The Labute approximate surface area is 194 Å². The van der Waals surface area contributed by atoms with Crippen LogP contribution in [0.4, 0.5) is 5.69 Å². The van der Waals surface area contributed by atoms with Crippen molar-refractivity contribution in [1.82, 2.24) is 10.6 Å². The zero-order chi connectivity index (χ0) is 23.8. The quantitative estimate of drug-likeness (QED) is 0.450. The second kappa shape index (κ2) is 10.8. The molecule has 0 atom stereocenters. The molecule has 0 heterocycles. The number of carbonyl (C=O) groups is 2. The predicted molar refractivity (Wildman–Crippen MR) is 128 cm³/mol. The van der Waals surface area contributed by atoms with Gasteiger partial charge in [0, 0.05) is 30.8 Å². The molecule has 0 aliphatic carbocycles. The number of hydrogen-bond acceptors (Lipinski definition) is 4. The molecule has 0 aliphatic rings. The van der Waals surface area contributed by atoms with E-state index in [1.54, 1.807) is 12.1 Å². The van der Waals surface area contributed by atoms with Crippen LogP contribution in [0.25, 0.3) is 0 Å². The van der Waals surface area contributed by atoms with E-state index < -0.39 is 10.0 Å². The fraction of sp³-hybridized carbons (Fsp3) is 0.200. The van der Waals surface area contributed by atoms with Crippen LogP contribution < -0.4 is 15.4 Å². The number of nitrogens with one attached hydrogen (secondary N) is 3. The van der Waals surface area contributed by atoms with E-state index in [0.29, 0.717) is 17.8 Å². The second-order valence-electron chi connectivity index (χ2n) is 7.70. The van der Waals surface area contributed by atoms with E-state index >= 15 is 0 Å². The number of carbonyl (C=O) groups excluding carboxylic acids is 2. The van der Waals surface area contributed by atoms with Crippen molar-refractivity contribution in [2.75, 3.05) is 11.3 Å². The van der Waals surface area contributed by atoms with Crippen LogP contribution in [-0.4, -0.2) is 26.8 Å². The van der Waals surface area contributed by atoms with Crippen LogP contribution in [0.3, 0.4) is 0 Å². The molecule has 0 unspecified atom stereocenters. The summed E-state index contributed by atoms with van der Waals surface area (Å²) < 4.78 is 27.8. The van der Waals surface area contributed by atoms with E-state index in [-0.39, 0.29) is 29.7 Å². The lowest BCUT2D eigenvalue weighted by molar-refractivity contribution is -0.121. The topological polar surface area (TPSA) is 104 Å². The van der Waals surface area contributed by atoms with Gasteiger partial charge in [-0.05, 0) is 66.9 Å². The number of sulfonamides is 1. The molecular weight excluding hydrogens is 438 g/mol. The lowest BCUT2D eigenvalue weighted by atomic mass is 10.1. The summed E-state index contributed by atoms with van der Waals surface area (Å²) in [6.07, 6.45) is 0.144. The third-order valence-electron chi connectivity index (χ3n) is 5.16. The van der Waals surface area contributed by atoms with Crippen molar-refractivity contribution in [3.8, 4) is 0 Å². The van der Waals surface area contributed by atoms with Crippen molar-refractivity contribution < 1.29 is 18.0 Å². The van der Waals surface area contributed by atoms with Crippen molar-refractivity contribution in [2.24, 2.45) is 0 Å². The van der Waals surface area contributed by atoms with Gasteiger partial charge in [-0.1, -0.05) is 36.4 Å². The minimum absolute atomic E-state index is 0.0533. The molecule has 0 aliphatic heterocycles. The van der Waals surface area contributed by atoms with Gasteiger partial charge in [-0.15, -0.1) is 0 Å². The molecule has 2 amide bonds. The lowest BCUT2D eigenvalue weighted by Crippen LogP contribution is -2.30. The van der Waals surface area contributed by atoms with Gasteiger partial charge in [0.25, 0.3) is 15.9 Å². The first-order valence-corrected chi connectivity index (χ1v) is 12.0. The standard InChI is InChI=1S/C25H27N3O4S/c1-18-8-11-22(16-19(18)2)28-33(31,32)23-12-9-21(10-13-23)25(30)26-15-14-24(29)27-17-20-6-4-3-5-7-20/h3-13,16,28H,14-15,17H2,1-2H3,(H,26,30)(H,27,29). The van der Waals surface area contributed by atoms with Gasteiger partial charge >= 0.3 is 0 Å². The predicted octanol–water partition coefficient (Wildman–Crippen LogP) is 3.54. The lowest BCUT2D eigenvalue weighted by Gasteiger charge is -2.11. The van der Waals surface area contributed by atoms with Crippen LogP contribution >= 0.6 is 0 Å². The number of amides is 2. The normalized spacial score (nSPS) is 11.0. The average Bonchev–Trinajstić information content (AvgIpc) is 2.80. The van der Waals surface area contributed by atoms with Crippen LogP contribution in [0, 0.1) is 13.8 Å². The monoisotopic (exact) mass is 465 g/mol. The van der Waals surface area contributed by atoms with Crippen molar-refractivity contribution in [3.05, 3.63) is 95.1 Å². The highest BCUT2D eigenvalue weighted by Gasteiger charge is 2.16. The van der Waals surface area contributed by atoms with Crippen molar-refractivity contribution in [3.63, 3.8) is 0 Å². The third kappa shape index (κ3) is 6.92. The zero-order valence-electron chi connectivity index (χ0n) is 18.6. The molecule has 0 bridgehead atoms. The Bertz CT molecular complexity index is 1220. The van der Waals surface area contributed by atoms with Crippen LogP contribution in [-0.2, 0) is 21.4 Å². The summed E-state index contributed by atoms with van der Waals surface area (Å²) in [5, 5.41) is 5.47. The number of aryl methyl sites for hydroxylation is 2. The summed E-state index contributed by atoms with van der Waals surface area (Å²) in [7, 11) is -3.78. The van der Waals surface area contributed by atoms with E-state index in [9.17, 15) is 18.0 Å². The molecule has 33 heavy (non-hydrogen) atoms. The summed E-state index contributed by atoms with van der Waals surface area (Å²) >= 11 is 0. The molecule has 0 aromatic heterocycles. The molecule has 3 aromatic rings. The smallest absolute Gasteiger partial charge is 0.261 e. The minimum Gasteiger partial charge on any atom is -0.352 e. The van der Waals surface area contributed by atoms with Gasteiger partial charge in [0.2, 0.25) is 5.91 Å². The number of anilines is 1. The minimum atomic E-state index is -3.78. The van der Waals surface area contributed by atoms with Gasteiger partial charge in [0.1, 0.15) is 0 Å². The Morgan fingerprint density at radius 1 is 0.818 bits per heavy atom. The SMILES string of the molecule is Cc1ccc(NS(=O)(=O)c2ccc(C(=O)NCCC(=O)NCc3ccccc3)cc2)cc1C. The first kappa shape index (κ1) is 24.0. The highest BCUT2D eigenvalue weighted by Crippen LogP contribution is 2.19. The Morgan fingerprint density at radius 3 is 2.18 bits per heavy atom. The van der Waals surface area contributed by atoms with Crippen molar-refractivity contribution in [2.45, 2.75) is 31.7 Å². The maximum Gasteiger partial charge on any atom is 0.261 e. The van der Waals surface area contributed by atoms with Crippen molar-refractivity contribution in [1.29, 1.82) is 0 Å². The maximum atomic E-state index is 12.6. The fourth-order valence-corrected chi connectivity index (χ4v) is 4.13. The molecule has 0 fully saturated rings. The zero-order valence-corrected chi connectivity index (χ0v) is 19.4. The summed E-state index contributed by atoms with van der Waals surface area (Å²) in [5.41, 5.74) is 3.84. The number of rotatable bonds is 9. The number of benzene rings is 3. The van der Waals surface area contributed by atoms with Gasteiger partial charge in [0.05, 0.1) is 4.90 Å². The highest BCUT2D eigenvalue weighted by molar-refractivity contribution is 7.92. The molecule has 3 rings (SSSR count). The molecule has 3 aromatic carbocycles. The molecule has 3 N–H and O–H groups in total. The van der Waals surface area contributed by atoms with Crippen LogP contribution in [0.1, 0.15) is 33.5 Å². The van der Waals surface area contributed by atoms with Crippen LogP contribution in [0.5, 0.6) is 0 Å². The average molecular weight is 466 g/mol. The number of hydrogen-bond donors (Lipinski definition) is 3. The first-order chi connectivity index (χ1) is 15.7. The Morgan fingerprint density at radius 2 is 1.52 bits per heavy atom. The van der Waals surface area contributed by atoms with E-state index in [4.69, 9.17) is 0 Å². The molecule has 0 spiro atoms. The van der Waals surface area contributed by atoms with Gasteiger partial charge in [-0.2, -0.15) is 0 Å². The van der Waals surface area contributed by atoms with Gasteiger partial charge < -0.3 is 10.6 Å². The molecule has 0 radical (unpaired) electrons. The van der Waals surface area contributed by atoms with Gasteiger partial charge in [0.15, 0.2) is 0 Å². The highest BCUT2D eigenvalue weighted by atomic mass is 32.2. The maximum absolute atomic E-state index is 12.6. The summed E-state index contributed by atoms with van der Waals surface area (Å²) in [6.45, 7) is 4.47. The molecular formula is C25H27N3O4S. The molecule has 172 valence electrons. The molecule has 0 saturated heterocycles. The second-order valence-corrected chi connectivity index (χ2v) is 9.38. The summed E-state index contributed by atoms with van der Waals surface area (Å²) in [6, 6.07) is 20.5. The largest absolute Gasteiger partial charge is 0.352 e. The Balaban J connectivity index is 1.49. The third-order valence-corrected chi connectivity index (χ3v) is 6.55. The summed E-state index contributed by atoms with van der Waals surface area (Å²) in [5.74, 6) is -0.546. The van der Waals surface area contributed by atoms with Crippen LogP contribution in [0.15, 0.2) is 77.7 Å². The van der Waals surface area contributed by atoms with Crippen LogP contribution in [0.2, 0.25) is 0 Å². The van der Waals surface area contributed by atoms with E-state index in [0.717, 1.165) is 16.7 Å². The molecule has 8 heteroatoms. The summed E-state index contributed by atoms with van der Waals surface area (Å²) in [4.78, 5) is 24.3. The van der Waals surface area contributed by atoms with E-state index in [1.807, 2.05) is 50.2 Å².